The molecule has 0 unspecified atom stereocenters. The van der Waals surface area contributed by atoms with E-state index < -0.39 is 6.03 Å². The number of hydrazone groups is 1. The highest BCUT2D eigenvalue weighted by Gasteiger charge is 2.58. The van der Waals surface area contributed by atoms with Crippen molar-refractivity contribution in [3.8, 4) is 0 Å². The normalized spacial score (nSPS) is 43.4. The lowest BCUT2D eigenvalue weighted by Gasteiger charge is -2.57. The molecule has 4 rings (SSSR count). The van der Waals surface area contributed by atoms with E-state index in [0.29, 0.717) is 17.8 Å². The Morgan fingerprint density at radius 2 is 1.89 bits per heavy atom. The molecule has 6 atom stereocenters. The molecule has 3 saturated carbocycles. The zero-order valence-corrected chi connectivity index (χ0v) is 17.3. The molecule has 4 aliphatic carbocycles. The molecule has 0 spiro atoms. The molecule has 0 aromatic carbocycles. The second-order valence-electron chi connectivity index (χ2n) is 9.76. The Kier molecular flexibility index (Phi) is 4.79. The number of primary amides is 1. The lowest BCUT2D eigenvalue weighted by Crippen LogP contribution is -2.50. The molecule has 0 aliphatic heterocycles. The number of fused-ring (bicyclic) bond motifs is 5. The zero-order chi connectivity index (χ0) is 20.1. The van der Waals surface area contributed by atoms with Gasteiger partial charge in [0.25, 0.3) is 0 Å². The fourth-order valence-electron chi connectivity index (χ4n) is 7.06. The monoisotopic (exact) mass is 387 g/mol. The van der Waals surface area contributed by atoms with E-state index in [1.54, 1.807) is 0 Å². The van der Waals surface area contributed by atoms with Crippen LogP contribution in [0.3, 0.4) is 0 Å². The molecule has 154 valence electrons. The number of urea groups is 1. The number of nitrogens with zero attached hydrogens (tertiary/aromatic N) is 1. The van der Waals surface area contributed by atoms with Crippen molar-refractivity contribution in [1.29, 1.82) is 0 Å². The number of amides is 2. The average molecular weight is 388 g/mol. The highest BCUT2D eigenvalue weighted by Crippen LogP contribution is 2.64. The summed E-state index contributed by atoms with van der Waals surface area (Å²) in [4.78, 5) is 22.5. The summed E-state index contributed by atoms with van der Waals surface area (Å²) in [5.74, 6) is 1.80. The van der Waals surface area contributed by atoms with Crippen LogP contribution in [0.2, 0.25) is 0 Å². The summed E-state index contributed by atoms with van der Waals surface area (Å²) in [6.07, 6.45) is 11.0. The average Bonchev–Trinajstić information content (AvgIpc) is 2.96. The van der Waals surface area contributed by atoms with E-state index >= 15 is 0 Å². The van der Waals surface area contributed by atoms with Gasteiger partial charge in [0.15, 0.2) is 0 Å². The second kappa shape index (κ2) is 6.89. The van der Waals surface area contributed by atoms with Crippen LogP contribution in [-0.4, -0.2) is 23.8 Å². The maximum atomic E-state index is 11.4. The first-order valence-electron chi connectivity index (χ1n) is 10.7. The minimum atomic E-state index is -0.587. The number of carbonyl (C=O) groups is 2. The lowest BCUT2D eigenvalue weighted by molar-refractivity contribution is -0.148. The third-order valence-electron chi connectivity index (χ3n) is 8.43. The molecule has 0 heterocycles. The fourth-order valence-corrected chi connectivity index (χ4v) is 7.06. The van der Waals surface area contributed by atoms with E-state index in [1.807, 2.05) is 0 Å². The van der Waals surface area contributed by atoms with Gasteiger partial charge in [0.05, 0.1) is 0 Å². The maximum absolute atomic E-state index is 11.4. The van der Waals surface area contributed by atoms with Crippen LogP contribution >= 0.6 is 0 Å². The minimum absolute atomic E-state index is 0.0484. The molecule has 4 aliphatic rings. The highest BCUT2D eigenvalue weighted by molar-refractivity contribution is 5.93. The molecule has 0 radical (unpaired) electrons. The number of hydrogen-bond donors (Lipinski definition) is 2. The van der Waals surface area contributed by atoms with Crippen molar-refractivity contribution in [2.45, 2.75) is 78.2 Å². The van der Waals surface area contributed by atoms with E-state index in [4.69, 9.17) is 10.5 Å². The summed E-state index contributed by atoms with van der Waals surface area (Å²) in [5, 5.41) is 4.38. The van der Waals surface area contributed by atoms with Crippen molar-refractivity contribution in [3.05, 3.63) is 11.6 Å². The van der Waals surface area contributed by atoms with Crippen molar-refractivity contribution in [1.82, 2.24) is 5.43 Å². The number of esters is 1. The molecular weight excluding hydrogens is 354 g/mol. The van der Waals surface area contributed by atoms with Gasteiger partial charge >= 0.3 is 12.0 Å². The smallest absolute Gasteiger partial charge is 0.332 e. The molecule has 0 saturated heterocycles. The number of nitrogens with two attached hydrogens (primary N) is 1. The van der Waals surface area contributed by atoms with Crippen LogP contribution in [0.1, 0.15) is 72.1 Å². The van der Waals surface area contributed by atoms with Crippen LogP contribution < -0.4 is 11.2 Å². The van der Waals surface area contributed by atoms with Crippen molar-refractivity contribution in [2.24, 2.45) is 39.4 Å². The molecule has 0 aromatic heterocycles. The number of rotatable bonds is 2. The van der Waals surface area contributed by atoms with Crippen molar-refractivity contribution >= 4 is 17.7 Å². The molecule has 0 bridgehead atoms. The van der Waals surface area contributed by atoms with Crippen LogP contribution in [-0.2, 0) is 9.53 Å². The Morgan fingerprint density at radius 3 is 2.61 bits per heavy atom. The van der Waals surface area contributed by atoms with Gasteiger partial charge in [-0.25, -0.2) is 10.2 Å². The maximum Gasteiger partial charge on any atom is 0.332 e. The van der Waals surface area contributed by atoms with Gasteiger partial charge < -0.3 is 10.5 Å². The zero-order valence-electron chi connectivity index (χ0n) is 17.3. The molecule has 3 N–H and O–H groups in total. The van der Waals surface area contributed by atoms with Crippen LogP contribution in [0.4, 0.5) is 4.79 Å². The SMILES string of the molecule is CC(=O)O[C@@H]1CC[C@@]2(C)C(=CC[C@@H]3[C@@H]2CC[C@]2(C)/C(=N/NC(N)=O)CC[C@@H]32)C1. The van der Waals surface area contributed by atoms with E-state index in [1.165, 1.54) is 18.9 Å². The van der Waals surface area contributed by atoms with Gasteiger partial charge in [-0.05, 0) is 68.1 Å². The van der Waals surface area contributed by atoms with E-state index in [0.717, 1.165) is 50.7 Å². The lowest BCUT2D eigenvalue weighted by atomic mass is 9.48. The first kappa shape index (κ1) is 19.5. The van der Waals surface area contributed by atoms with Crippen LogP contribution in [0.25, 0.3) is 0 Å². The van der Waals surface area contributed by atoms with Crippen molar-refractivity contribution < 1.29 is 14.3 Å². The minimum Gasteiger partial charge on any atom is -0.462 e. The van der Waals surface area contributed by atoms with E-state index in [2.05, 4.69) is 30.5 Å². The topological polar surface area (TPSA) is 93.8 Å². The Labute approximate surface area is 167 Å². The molecule has 2 amide bonds. The third-order valence-corrected chi connectivity index (χ3v) is 8.43. The third kappa shape index (κ3) is 3.05. The Hall–Kier alpha value is -1.85. The van der Waals surface area contributed by atoms with Gasteiger partial charge in [-0.3, -0.25) is 4.79 Å². The quantitative estimate of drug-likeness (QED) is 0.427. The Morgan fingerprint density at radius 1 is 1.18 bits per heavy atom. The number of hydrogen-bond acceptors (Lipinski definition) is 4. The summed E-state index contributed by atoms with van der Waals surface area (Å²) in [6.45, 7) is 6.29. The van der Waals surface area contributed by atoms with Gasteiger partial charge in [0.1, 0.15) is 6.10 Å². The first-order chi connectivity index (χ1) is 13.2. The first-order valence-corrected chi connectivity index (χ1v) is 10.7. The number of carbonyl (C=O) groups excluding carboxylic acids is 2. The van der Waals surface area contributed by atoms with Crippen molar-refractivity contribution in [3.63, 3.8) is 0 Å². The van der Waals surface area contributed by atoms with Gasteiger partial charge in [0.2, 0.25) is 0 Å². The molecule has 28 heavy (non-hydrogen) atoms. The number of allylic oxidation sites excluding steroid dienone is 1. The molecule has 0 aromatic rings. The van der Waals surface area contributed by atoms with Crippen LogP contribution in [0, 0.1) is 28.6 Å². The van der Waals surface area contributed by atoms with Gasteiger partial charge in [-0.1, -0.05) is 25.5 Å². The number of ether oxygens (including phenoxy) is 1. The largest absolute Gasteiger partial charge is 0.462 e. The van der Waals surface area contributed by atoms with Gasteiger partial charge in [0, 0.05) is 24.5 Å². The summed E-state index contributed by atoms with van der Waals surface area (Å²) in [7, 11) is 0. The van der Waals surface area contributed by atoms with Gasteiger partial charge in [-0.15, -0.1) is 0 Å². The second-order valence-corrected chi connectivity index (χ2v) is 9.76. The highest BCUT2D eigenvalue weighted by atomic mass is 16.5. The number of nitrogens with one attached hydrogen (secondary N) is 1. The molecule has 3 fully saturated rings. The standard InChI is InChI=1S/C22H33N3O3/c1-13(26)28-15-8-10-21(2)14(12-15)4-5-16-17-6-7-19(24-25-20(23)27)22(17,3)11-9-18(16)21/h4,15-18H,5-12H2,1-3H3,(H3,23,25,27)/b24-19+/t15-,16+,17+,18+,21+,22+/m1/s1. The van der Waals surface area contributed by atoms with Crippen molar-refractivity contribution in [2.75, 3.05) is 0 Å². The van der Waals surface area contributed by atoms with Crippen LogP contribution in [0.15, 0.2) is 16.8 Å². The Bertz CT molecular complexity index is 745. The predicted octanol–water partition coefficient (Wildman–Crippen LogP) is 3.91. The summed E-state index contributed by atoms with van der Waals surface area (Å²) >= 11 is 0. The fraction of sp³-hybridized carbons (Fsp3) is 0.773. The summed E-state index contributed by atoms with van der Waals surface area (Å²) < 4.78 is 5.53. The Balaban J connectivity index is 1.56. The van der Waals surface area contributed by atoms with Crippen LogP contribution in [0.5, 0.6) is 0 Å². The molecular formula is C22H33N3O3. The van der Waals surface area contributed by atoms with Gasteiger partial charge in [-0.2, -0.15) is 5.10 Å². The summed E-state index contributed by atoms with van der Waals surface area (Å²) in [6, 6.07) is -0.587. The predicted molar refractivity (Wildman–Crippen MR) is 107 cm³/mol. The van der Waals surface area contributed by atoms with E-state index in [-0.39, 0.29) is 22.9 Å². The molecule has 6 nitrogen and oxygen atoms in total. The summed E-state index contributed by atoms with van der Waals surface area (Å²) in [5.41, 5.74) is 10.6. The molecule has 6 heteroatoms. The van der Waals surface area contributed by atoms with E-state index in [9.17, 15) is 9.59 Å².